The van der Waals surface area contributed by atoms with Crippen molar-refractivity contribution in [3.05, 3.63) is 76.3 Å². The van der Waals surface area contributed by atoms with Gasteiger partial charge in [0.1, 0.15) is 29.4 Å². The van der Waals surface area contributed by atoms with Crippen LogP contribution in [-0.4, -0.2) is 23.1 Å². The van der Waals surface area contributed by atoms with Gasteiger partial charge in [-0.15, -0.1) is 0 Å². The summed E-state index contributed by atoms with van der Waals surface area (Å²) in [5.74, 6) is -0.825. The third kappa shape index (κ3) is 5.65. The van der Waals surface area contributed by atoms with Crippen LogP contribution in [0.2, 0.25) is 5.02 Å². The Balaban J connectivity index is 1.38. The second-order valence-electron chi connectivity index (χ2n) is 8.61. The topological polar surface area (TPSA) is 81.4 Å². The largest absolute Gasteiger partial charge is 0.461 e. The summed E-state index contributed by atoms with van der Waals surface area (Å²) in [6, 6.07) is 13.7. The number of ether oxygens (including phenoxy) is 1. The van der Waals surface area contributed by atoms with E-state index in [2.05, 4.69) is 10.5 Å². The molecule has 2 aromatic carbocycles. The van der Waals surface area contributed by atoms with Crippen LogP contribution in [0, 0.1) is 18.7 Å². The number of benzene rings is 2. The van der Waals surface area contributed by atoms with Crippen LogP contribution in [0.3, 0.4) is 0 Å². The van der Waals surface area contributed by atoms with Gasteiger partial charge in [0.15, 0.2) is 0 Å². The lowest BCUT2D eigenvalue weighted by molar-refractivity contribution is -0.146. The minimum atomic E-state index is -0.582. The molecule has 0 bridgehead atoms. The number of aryl methyl sites for hydroxylation is 1. The van der Waals surface area contributed by atoms with Crippen molar-refractivity contribution in [3.8, 4) is 11.3 Å². The number of nitrogens with one attached hydrogen (secondary N) is 1. The van der Waals surface area contributed by atoms with Gasteiger partial charge in [0.2, 0.25) is 0 Å². The van der Waals surface area contributed by atoms with E-state index in [0.29, 0.717) is 12.8 Å². The number of esters is 1. The number of hydrogen-bond acceptors (Lipinski definition) is 5. The van der Waals surface area contributed by atoms with Crippen LogP contribution in [0.15, 0.2) is 53.1 Å². The van der Waals surface area contributed by atoms with Gasteiger partial charge in [-0.2, -0.15) is 0 Å². The zero-order chi connectivity index (χ0) is 24.1. The lowest BCUT2D eigenvalue weighted by atomic mass is 9.83. The molecule has 1 heterocycles. The van der Waals surface area contributed by atoms with Crippen molar-refractivity contribution in [2.45, 2.75) is 51.7 Å². The maximum atomic E-state index is 14.4. The summed E-state index contributed by atoms with van der Waals surface area (Å²) < 4.78 is 25.1. The molecular weight excluding hydrogens is 459 g/mol. The number of nitrogens with zero attached hydrogens (tertiary/aromatic N) is 1. The van der Waals surface area contributed by atoms with E-state index in [9.17, 15) is 14.0 Å². The van der Waals surface area contributed by atoms with Gasteiger partial charge < -0.3 is 14.6 Å². The molecule has 0 aliphatic heterocycles. The first kappa shape index (κ1) is 24.0. The fraction of sp³-hybridized carbons (Fsp3) is 0.346. The molecule has 8 heteroatoms. The summed E-state index contributed by atoms with van der Waals surface area (Å²) in [6.45, 7) is 1.85. The first-order valence-corrected chi connectivity index (χ1v) is 11.7. The Morgan fingerprint density at radius 2 is 1.97 bits per heavy atom. The normalized spacial score (nSPS) is 17.9. The van der Waals surface area contributed by atoms with Crippen LogP contribution in [0.5, 0.6) is 0 Å². The Morgan fingerprint density at radius 1 is 1.18 bits per heavy atom. The van der Waals surface area contributed by atoms with E-state index in [1.807, 2.05) is 30.3 Å². The Hall–Kier alpha value is -3.19. The number of amides is 1. The first-order chi connectivity index (χ1) is 16.4. The van der Waals surface area contributed by atoms with Gasteiger partial charge in [-0.1, -0.05) is 59.6 Å². The summed E-state index contributed by atoms with van der Waals surface area (Å²) in [6.07, 6.45) is 3.54. The fourth-order valence-corrected chi connectivity index (χ4v) is 4.68. The lowest BCUT2D eigenvalue weighted by Crippen LogP contribution is -2.39. The van der Waals surface area contributed by atoms with Crippen molar-refractivity contribution >= 4 is 23.5 Å². The molecule has 0 radical (unpaired) electrons. The maximum absolute atomic E-state index is 14.4. The average molecular weight is 485 g/mol. The standard InChI is InChI=1S/C26H26ClFN2O4/c1-16-23(25(30-34-16)24-20(27)11-6-12-21(24)28)26(32)29-19-10-5-9-18(13-19)14-22(31)33-15-17-7-3-2-4-8-17/h2-4,6-8,11-12,18-19H,5,9-10,13-15H2,1H3,(H,29,32)/t18-,19+/m1/s1. The van der Waals surface area contributed by atoms with E-state index in [0.717, 1.165) is 24.8 Å². The fourth-order valence-electron chi connectivity index (χ4n) is 4.43. The highest BCUT2D eigenvalue weighted by molar-refractivity contribution is 6.33. The average Bonchev–Trinajstić information content (AvgIpc) is 3.19. The van der Waals surface area contributed by atoms with Crippen molar-refractivity contribution in [2.75, 3.05) is 0 Å². The molecular formula is C26H26ClFN2O4. The number of hydrogen-bond donors (Lipinski definition) is 1. The van der Waals surface area contributed by atoms with Gasteiger partial charge in [0.25, 0.3) is 5.91 Å². The third-order valence-corrected chi connectivity index (χ3v) is 6.42. The Labute approximate surface area is 202 Å². The van der Waals surface area contributed by atoms with E-state index < -0.39 is 11.7 Å². The molecule has 1 aromatic heterocycles. The van der Waals surface area contributed by atoms with Crippen molar-refractivity contribution in [1.82, 2.24) is 10.5 Å². The van der Waals surface area contributed by atoms with Crippen LogP contribution in [0.25, 0.3) is 11.3 Å². The first-order valence-electron chi connectivity index (χ1n) is 11.3. The van der Waals surface area contributed by atoms with Gasteiger partial charge in [-0.25, -0.2) is 4.39 Å². The second-order valence-corrected chi connectivity index (χ2v) is 9.02. The van der Waals surface area contributed by atoms with Crippen molar-refractivity contribution in [2.24, 2.45) is 5.92 Å². The van der Waals surface area contributed by atoms with Gasteiger partial charge in [-0.3, -0.25) is 9.59 Å². The predicted molar refractivity (Wildman–Crippen MR) is 126 cm³/mol. The molecule has 1 aliphatic carbocycles. The van der Waals surface area contributed by atoms with E-state index in [-0.39, 0.29) is 52.1 Å². The van der Waals surface area contributed by atoms with Crippen LogP contribution in [0.1, 0.15) is 53.8 Å². The Morgan fingerprint density at radius 3 is 2.74 bits per heavy atom. The molecule has 1 aliphatic rings. The van der Waals surface area contributed by atoms with E-state index in [4.69, 9.17) is 20.9 Å². The van der Waals surface area contributed by atoms with Crippen LogP contribution < -0.4 is 5.32 Å². The Kier molecular flexibility index (Phi) is 7.63. The van der Waals surface area contributed by atoms with Crippen molar-refractivity contribution < 1.29 is 23.2 Å². The highest BCUT2D eigenvalue weighted by Crippen LogP contribution is 2.34. The number of carbonyl (C=O) groups is 2. The molecule has 1 saturated carbocycles. The summed E-state index contributed by atoms with van der Waals surface area (Å²) >= 11 is 6.18. The van der Waals surface area contributed by atoms with Gasteiger partial charge in [0.05, 0.1) is 10.6 Å². The quantitative estimate of drug-likeness (QED) is 0.424. The third-order valence-electron chi connectivity index (χ3n) is 6.11. The molecule has 0 saturated heterocycles. The van der Waals surface area contributed by atoms with Gasteiger partial charge in [0, 0.05) is 12.5 Å². The molecule has 178 valence electrons. The zero-order valence-corrected chi connectivity index (χ0v) is 19.6. The predicted octanol–water partition coefficient (Wildman–Crippen LogP) is 5.86. The number of carbonyl (C=O) groups excluding carboxylic acids is 2. The molecule has 0 spiro atoms. The second kappa shape index (κ2) is 10.8. The van der Waals surface area contributed by atoms with E-state index in [1.54, 1.807) is 6.92 Å². The molecule has 4 rings (SSSR count). The van der Waals surface area contributed by atoms with Crippen LogP contribution >= 0.6 is 11.6 Å². The summed E-state index contributed by atoms with van der Waals surface area (Å²) in [7, 11) is 0. The van der Waals surface area contributed by atoms with Crippen LogP contribution in [-0.2, 0) is 16.1 Å². The summed E-state index contributed by atoms with van der Waals surface area (Å²) in [5, 5.41) is 7.06. The van der Waals surface area contributed by atoms with Crippen molar-refractivity contribution in [3.63, 3.8) is 0 Å². The number of halogens is 2. The molecule has 1 fully saturated rings. The monoisotopic (exact) mass is 484 g/mol. The molecule has 2 atom stereocenters. The van der Waals surface area contributed by atoms with E-state index >= 15 is 0 Å². The van der Waals surface area contributed by atoms with Crippen molar-refractivity contribution in [1.29, 1.82) is 0 Å². The minimum absolute atomic E-state index is 0.0360. The summed E-state index contributed by atoms with van der Waals surface area (Å²) in [4.78, 5) is 25.5. The molecule has 0 unspecified atom stereocenters. The van der Waals surface area contributed by atoms with Crippen LogP contribution in [0.4, 0.5) is 4.39 Å². The smallest absolute Gasteiger partial charge is 0.306 e. The minimum Gasteiger partial charge on any atom is -0.461 e. The summed E-state index contributed by atoms with van der Waals surface area (Å²) in [5.41, 5.74) is 1.22. The van der Waals surface area contributed by atoms with E-state index in [1.165, 1.54) is 18.2 Å². The lowest BCUT2D eigenvalue weighted by Gasteiger charge is -2.29. The molecule has 34 heavy (non-hydrogen) atoms. The highest BCUT2D eigenvalue weighted by Gasteiger charge is 2.30. The molecule has 3 aromatic rings. The van der Waals surface area contributed by atoms with Gasteiger partial charge in [-0.05, 0) is 49.8 Å². The molecule has 1 N–H and O–H groups in total. The molecule has 6 nitrogen and oxygen atoms in total. The SMILES string of the molecule is Cc1onc(-c2c(F)cccc2Cl)c1C(=O)N[C@H]1CCC[C@@H](CC(=O)OCc2ccccc2)C1. The van der Waals surface area contributed by atoms with Gasteiger partial charge >= 0.3 is 5.97 Å². The molecule has 1 amide bonds. The highest BCUT2D eigenvalue weighted by atomic mass is 35.5. The maximum Gasteiger partial charge on any atom is 0.306 e. The number of rotatable bonds is 7. The number of aromatic nitrogens is 1. The zero-order valence-electron chi connectivity index (χ0n) is 18.9. The Bertz CT molecular complexity index is 1140.